The third-order valence-corrected chi connectivity index (χ3v) is 4.09. The van der Waals surface area contributed by atoms with Crippen LogP contribution in [0.15, 0.2) is 30.3 Å². The van der Waals surface area contributed by atoms with Gasteiger partial charge in [0.25, 0.3) is 0 Å². The van der Waals surface area contributed by atoms with E-state index in [9.17, 15) is 0 Å². The van der Waals surface area contributed by atoms with E-state index in [1.54, 1.807) is 0 Å². The zero-order valence-electron chi connectivity index (χ0n) is 11.0. The highest BCUT2D eigenvalue weighted by atomic mass is 32.1. The maximum atomic E-state index is 5.37. The van der Waals surface area contributed by atoms with Crippen molar-refractivity contribution in [3.05, 3.63) is 35.1 Å². The van der Waals surface area contributed by atoms with Crippen LogP contribution in [0.1, 0.15) is 19.8 Å². The molecule has 1 N–H and O–H groups in total. The summed E-state index contributed by atoms with van der Waals surface area (Å²) in [7, 11) is 0. The summed E-state index contributed by atoms with van der Waals surface area (Å²) in [4.78, 5) is 2.33. The number of aromatic amines is 1. The minimum Gasteiger partial charge on any atom is -0.340 e. The van der Waals surface area contributed by atoms with Crippen molar-refractivity contribution in [1.82, 2.24) is 14.8 Å². The lowest BCUT2D eigenvalue weighted by Crippen LogP contribution is -2.23. The zero-order chi connectivity index (χ0) is 13.2. The monoisotopic (exact) mass is 274 g/mol. The van der Waals surface area contributed by atoms with Crippen LogP contribution in [0.25, 0.3) is 5.69 Å². The van der Waals surface area contributed by atoms with E-state index in [1.165, 1.54) is 12.8 Å². The van der Waals surface area contributed by atoms with E-state index in [0.717, 1.165) is 30.6 Å². The maximum absolute atomic E-state index is 5.37. The van der Waals surface area contributed by atoms with Crippen molar-refractivity contribution in [1.29, 1.82) is 0 Å². The molecule has 100 valence electrons. The van der Waals surface area contributed by atoms with Gasteiger partial charge in [0.1, 0.15) is 0 Å². The highest BCUT2D eigenvalue weighted by Gasteiger charge is 2.25. The number of hydrogen-bond donors (Lipinski definition) is 1. The van der Waals surface area contributed by atoms with Crippen LogP contribution in [0.2, 0.25) is 0 Å². The Morgan fingerprint density at radius 3 is 2.84 bits per heavy atom. The SMILES string of the molecule is CCC1CCN(c2n[nH]c(=S)n2-c2ccccc2)C1. The number of nitrogens with zero attached hydrogens (tertiary/aromatic N) is 3. The number of rotatable bonds is 3. The summed E-state index contributed by atoms with van der Waals surface area (Å²) in [5.74, 6) is 1.71. The fraction of sp³-hybridized carbons (Fsp3) is 0.429. The Kier molecular flexibility index (Phi) is 3.38. The van der Waals surface area contributed by atoms with Gasteiger partial charge in [-0.1, -0.05) is 31.5 Å². The second-order valence-electron chi connectivity index (χ2n) is 5.01. The second-order valence-corrected chi connectivity index (χ2v) is 5.40. The molecule has 0 amide bonds. The van der Waals surface area contributed by atoms with Crippen LogP contribution in [0.4, 0.5) is 5.95 Å². The highest BCUT2D eigenvalue weighted by molar-refractivity contribution is 7.71. The second kappa shape index (κ2) is 5.17. The van der Waals surface area contributed by atoms with Gasteiger partial charge in [-0.15, -0.1) is 5.10 Å². The molecule has 1 aliphatic heterocycles. The van der Waals surface area contributed by atoms with Gasteiger partial charge in [0.15, 0.2) is 0 Å². The van der Waals surface area contributed by atoms with E-state index in [2.05, 4.69) is 34.2 Å². The standard InChI is InChI=1S/C14H18N4S/c1-2-11-8-9-17(10-11)13-15-16-14(19)18(13)12-6-4-3-5-7-12/h3-7,11H,2,8-10H2,1H3,(H,16,19). The van der Waals surface area contributed by atoms with Crippen LogP contribution in [-0.2, 0) is 0 Å². The maximum Gasteiger partial charge on any atom is 0.230 e. The highest BCUT2D eigenvalue weighted by Crippen LogP contribution is 2.26. The molecule has 2 aromatic rings. The number of nitrogens with one attached hydrogen (secondary N) is 1. The van der Waals surface area contributed by atoms with Crippen molar-refractivity contribution in [2.24, 2.45) is 5.92 Å². The van der Waals surface area contributed by atoms with Crippen molar-refractivity contribution >= 4 is 18.2 Å². The van der Waals surface area contributed by atoms with E-state index < -0.39 is 0 Å². The predicted molar refractivity (Wildman–Crippen MR) is 79.4 cm³/mol. The molecule has 1 aromatic heterocycles. The van der Waals surface area contributed by atoms with Gasteiger partial charge in [0.05, 0.1) is 5.69 Å². The Hall–Kier alpha value is -1.62. The van der Waals surface area contributed by atoms with Gasteiger partial charge in [0.2, 0.25) is 10.7 Å². The molecule has 1 atom stereocenters. The molecule has 4 nitrogen and oxygen atoms in total. The molecule has 0 bridgehead atoms. The largest absolute Gasteiger partial charge is 0.340 e. The molecule has 0 saturated carbocycles. The molecule has 5 heteroatoms. The van der Waals surface area contributed by atoms with Crippen LogP contribution in [0, 0.1) is 10.7 Å². The van der Waals surface area contributed by atoms with Crippen molar-refractivity contribution < 1.29 is 0 Å². The minimum absolute atomic E-state index is 0.654. The number of para-hydroxylation sites is 1. The molecule has 1 aliphatic rings. The third-order valence-electron chi connectivity index (χ3n) is 3.82. The Labute approximate surface area is 118 Å². The minimum atomic E-state index is 0.654. The first kappa shape index (κ1) is 12.4. The molecule has 1 fully saturated rings. The molecule has 1 unspecified atom stereocenters. The van der Waals surface area contributed by atoms with E-state index in [4.69, 9.17) is 12.2 Å². The summed E-state index contributed by atoms with van der Waals surface area (Å²) in [6, 6.07) is 10.2. The van der Waals surface area contributed by atoms with Crippen LogP contribution in [0.5, 0.6) is 0 Å². The molecular weight excluding hydrogens is 256 g/mol. The molecule has 1 aromatic carbocycles. The van der Waals surface area contributed by atoms with Crippen LogP contribution in [0.3, 0.4) is 0 Å². The molecule has 2 heterocycles. The quantitative estimate of drug-likeness (QED) is 0.873. The van der Waals surface area contributed by atoms with Crippen molar-refractivity contribution in [2.45, 2.75) is 19.8 Å². The van der Waals surface area contributed by atoms with Crippen LogP contribution >= 0.6 is 12.2 Å². The lowest BCUT2D eigenvalue weighted by atomic mass is 10.1. The summed E-state index contributed by atoms with van der Waals surface area (Å²) in [6.07, 6.45) is 2.47. The van der Waals surface area contributed by atoms with Gasteiger partial charge in [-0.3, -0.25) is 4.57 Å². The number of hydrogen-bond acceptors (Lipinski definition) is 3. The summed E-state index contributed by atoms with van der Waals surface area (Å²) >= 11 is 5.37. The van der Waals surface area contributed by atoms with Crippen LogP contribution < -0.4 is 4.90 Å². The molecule has 0 radical (unpaired) electrons. The van der Waals surface area contributed by atoms with E-state index in [1.807, 2.05) is 22.8 Å². The fourth-order valence-corrected chi connectivity index (χ4v) is 2.89. The number of H-pyrrole nitrogens is 1. The van der Waals surface area contributed by atoms with E-state index in [0.29, 0.717) is 4.77 Å². The normalized spacial score (nSPS) is 19.0. The first-order chi connectivity index (χ1) is 9.29. The lowest BCUT2D eigenvalue weighted by Gasteiger charge is -2.18. The van der Waals surface area contributed by atoms with Crippen molar-refractivity contribution in [3.8, 4) is 5.69 Å². The fourth-order valence-electron chi connectivity index (χ4n) is 2.66. The molecule has 3 rings (SSSR count). The lowest BCUT2D eigenvalue weighted by molar-refractivity contribution is 0.568. The average molecular weight is 274 g/mol. The van der Waals surface area contributed by atoms with E-state index in [-0.39, 0.29) is 0 Å². The zero-order valence-corrected chi connectivity index (χ0v) is 11.9. The van der Waals surface area contributed by atoms with Gasteiger partial charge >= 0.3 is 0 Å². The number of benzene rings is 1. The molecule has 0 spiro atoms. The van der Waals surface area contributed by atoms with Gasteiger partial charge in [-0.05, 0) is 36.7 Å². The first-order valence-electron chi connectivity index (χ1n) is 6.77. The number of aromatic nitrogens is 3. The van der Waals surface area contributed by atoms with Crippen molar-refractivity contribution in [2.75, 3.05) is 18.0 Å². The van der Waals surface area contributed by atoms with Crippen LogP contribution in [-0.4, -0.2) is 27.9 Å². The summed E-state index contributed by atoms with van der Waals surface area (Å²) in [6.45, 7) is 4.39. The predicted octanol–water partition coefficient (Wildman–Crippen LogP) is 3.17. The molecule has 1 saturated heterocycles. The Morgan fingerprint density at radius 1 is 1.37 bits per heavy atom. The van der Waals surface area contributed by atoms with Gasteiger partial charge in [0, 0.05) is 13.1 Å². The smallest absolute Gasteiger partial charge is 0.230 e. The molecular formula is C14H18N4S. The Morgan fingerprint density at radius 2 is 2.16 bits per heavy atom. The van der Waals surface area contributed by atoms with Gasteiger partial charge in [-0.2, -0.15) is 0 Å². The Bertz CT molecular complexity index is 601. The molecule has 0 aliphatic carbocycles. The summed E-state index contributed by atoms with van der Waals surface area (Å²) < 4.78 is 2.68. The van der Waals surface area contributed by atoms with Gasteiger partial charge < -0.3 is 4.90 Å². The van der Waals surface area contributed by atoms with E-state index >= 15 is 0 Å². The topological polar surface area (TPSA) is 36.9 Å². The Balaban J connectivity index is 1.98. The van der Waals surface area contributed by atoms with Crippen molar-refractivity contribution in [3.63, 3.8) is 0 Å². The number of anilines is 1. The summed E-state index contributed by atoms with van der Waals surface area (Å²) in [5.41, 5.74) is 1.07. The van der Waals surface area contributed by atoms with Gasteiger partial charge in [-0.25, -0.2) is 5.10 Å². The first-order valence-corrected chi connectivity index (χ1v) is 7.18. The summed E-state index contributed by atoms with van der Waals surface area (Å²) in [5, 5.41) is 7.33. The average Bonchev–Trinajstić information content (AvgIpc) is 3.05. The molecule has 19 heavy (non-hydrogen) atoms. The third kappa shape index (κ3) is 2.30.